The number of hydrogen-bond donors (Lipinski definition) is 1. The van der Waals surface area contributed by atoms with Crippen LogP contribution in [0.3, 0.4) is 0 Å². The molecule has 18 heavy (non-hydrogen) atoms. The lowest BCUT2D eigenvalue weighted by atomic mass is 9.93. The molecule has 2 fully saturated rings. The number of ether oxygens (including phenoxy) is 1. The van der Waals surface area contributed by atoms with Crippen molar-refractivity contribution in [3.8, 4) is 0 Å². The maximum absolute atomic E-state index is 12.6. The summed E-state index contributed by atoms with van der Waals surface area (Å²) in [7, 11) is 0. The second-order valence-electron chi connectivity index (χ2n) is 5.92. The Morgan fingerprint density at radius 1 is 1.50 bits per heavy atom. The largest absolute Gasteiger partial charge is 0.393 e. The summed E-state index contributed by atoms with van der Waals surface area (Å²) >= 11 is 0. The smallest absolute Gasteiger partial charge is 0.254 e. The van der Waals surface area contributed by atoms with Crippen molar-refractivity contribution in [2.45, 2.75) is 70.1 Å². The van der Waals surface area contributed by atoms with Crippen LogP contribution in [-0.2, 0) is 9.53 Å². The number of aliphatic hydroxyl groups excluding tert-OH is 1. The highest BCUT2D eigenvalue weighted by Gasteiger charge is 2.43. The molecule has 1 N–H and O–H groups in total. The fraction of sp³-hybridized carbons (Fsp3) is 0.929. The molecule has 0 saturated carbocycles. The van der Waals surface area contributed by atoms with Gasteiger partial charge in [-0.15, -0.1) is 0 Å². The minimum Gasteiger partial charge on any atom is -0.393 e. The molecule has 2 aliphatic heterocycles. The predicted octanol–water partition coefficient (Wildman–Crippen LogP) is 1.71. The van der Waals surface area contributed by atoms with E-state index >= 15 is 0 Å². The summed E-state index contributed by atoms with van der Waals surface area (Å²) in [5, 5.41) is 9.56. The average Bonchev–Trinajstić information content (AvgIpc) is 2.76. The molecule has 2 aliphatic rings. The van der Waals surface area contributed by atoms with Gasteiger partial charge < -0.3 is 14.7 Å². The fourth-order valence-electron chi connectivity index (χ4n) is 3.16. The molecule has 104 valence electrons. The van der Waals surface area contributed by atoms with Crippen molar-refractivity contribution in [2.75, 3.05) is 13.2 Å². The van der Waals surface area contributed by atoms with Crippen molar-refractivity contribution >= 4 is 5.91 Å². The number of nitrogens with zero attached hydrogens (tertiary/aromatic N) is 1. The number of piperidine rings is 1. The van der Waals surface area contributed by atoms with Gasteiger partial charge in [-0.2, -0.15) is 0 Å². The van der Waals surface area contributed by atoms with E-state index in [4.69, 9.17) is 4.74 Å². The molecule has 4 nitrogen and oxygen atoms in total. The topological polar surface area (TPSA) is 49.8 Å². The first-order valence-electron chi connectivity index (χ1n) is 7.16. The van der Waals surface area contributed by atoms with Gasteiger partial charge in [-0.1, -0.05) is 0 Å². The lowest BCUT2D eigenvalue weighted by molar-refractivity contribution is -0.155. The number of aliphatic hydroxyl groups is 1. The summed E-state index contributed by atoms with van der Waals surface area (Å²) in [5.41, 5.74) is -0.617. The first kappa shape index (κ1) is 13.8. The summed E-state index contributed by atoms with van der Waals surface area (Å²) in [5.74, 6) is 0.130. The third-order valence-electron chi connectivity index (χ3n) is 4.17. The van der Waals surface area contributed by atoms with Gasteiger partial charge in [0.15, 0.2) is 0 Å². The molecule has 3 unspecified atom stereocenters. The van der Waals surface area contributed by atoms with Crippen LogP contribution in [-0.4, -0.2) is 46.8 Å². The zero-order chi connectivity index (χ0) is 13.2. The lowest BCUT2D eigenvalue weighted by Crippen LogP contribution is -2.53. The molecular weight excluding hydrogens is 230 g/mol. The van der Waals surface area contributed by atoms with Crippen LogP contribution in [0.25, 0.3) is 0 Å². The van der Waals surface area contributed by atoms with E-state index in [1.807, 2.05) is 11.8 Å². The summed E-state index contributed by atoms with van der Waals surface area (Å²) < 4.78 is 5.66. The van der Waals surface area contributed by atoms with Crippen LogP contribution in [0.1, 0.15) is 52.4 Å². The van der Waals surface area contributed by atoms with Crippen molar-refractivity contribution in [3.63, 3.8) is 0 Å². The molecular formula is C14H25NO3. The summed E-state index contributed by atoms with van der Waals surface area (Å²) in [6.07, 6.45) is 5.35. The van der Waals surface area contributed by atoms with E-state index in [1.165, 1.54) is 0 Å². The van der Waals surface area contributed by atoms with E-state index in [0.29, 0.717) is 13.0 Å². The van der Waals surface area contributed by atoms with Crippen LogP contribution in [0.5, 0.6) is 0 Å². The summed E-state index contributed by atoms with van der Waals surface area (Å²) in [6, 6.07) is 0.187. The highest BCUT2D eigenvalue weighted by atomic mass is 16.5. The zero-order valence-corrected chi connectivity index (χ0v) is 11.5. The number of likely N-dealkylation sites (tertiary alicyclic amines) is 1. The van der Waals surface area contributed by atoms with E-state index < -0.39 is 5.60 Å². The SMILES string of the molecule is CC(O)CC1CCCCN1C(=O)C1(C)CCCO1. The Morgan fingerprint density at radius 2 is 2.28 bits per heavy atom. The van der Waals surface area contributed by atoms with E-state index in [9.17, 15) is 9.90 Å². The van der Waals surface area contributed by atoms with Gasteiger partial charge in [0.2, 0.25) is 0 Å². The first-order chi connectivity index (χ1) is 8.53. The van der Waals surface area contributed by atoms with Gasteiger partial charge in [-0.25, -0.2) is 0 Å². The first-order valence-corrected chi connectivity index (χ1v) is 7.16. The molecule has 4 heteroatoms. The Morgan fingerprint density at radius 3 is 2.89 bits per heavy atom. The Labute approximate surface area is 109 Å². The molecule has 0 spiro atoms. The highest BCUT2D eigenvalue weighted by molar-refractivity contribution is 5.85. The maximum Gasteiger partial charge on any atom is 0.254 e. The molecule has 2 heterocycles. The number of carbonyl (C=O) groups excluding carboxylic acids is 1. The van der Waals surface area contributed by atoms with E-state index in [1.54, 1.807) is 6.92 Å². The van der Waals surface area contributed by atoms with Gasteiger partial charge in [0.25, 0.3) is 5.91 Å². The molecule has 3 atom stereocenters. The van der Waals surface area contributed by atoms with Crippen molar-refractivity contribution in [3.05, 3.63) is 0 Å². The van der Waals surface area contributed by atoms with Crippen LogP contribution < -0.4 is 0 Å². The van der Waals surface area contributed by atoms with Gasteiger partial charge in [0.1, 0.15) is 5.60 Å². The van der Waals surface area contributed by atoms with E-state index in [0.717, 1.165) is 38.6 Å². The average molecular weight is 255 g/mol. The van der Waals surface area contributed by atoms with Gasteiger partial charge in [0.05, 0.1) is 6.10 Å². The quantitative estimate of drug-likeness (QED) is 0.835. The summed E-state index contributed by atoms with van der Waals surface area (Å²) in [4.78, 5) is 14.6. The van der Waals surface area contributed by atoms with Gasteiger partial charge in [-0.05, 0) is 52.4 Å². The lowest BCUT2D eigenvalue weighted by Gasteiger charge is -2.40. The van der Waals surface area contributed by atoms with Crippen LogP contribution in [0, 0.1) is 0 Å². The highest BCUT2D eigenvalue weighted by Crippen LogP contribution is 2.31. The van der Waals surface area contributed by atoms with Crippen LogP contribution in [0.15, 0.2) is 0 Å². The van der Waals surface area contributed by atoms with Crippen LogP contribution >= 0.6 is 0 Å². The standard InChI is InChI=1S/C14H25NO3/c1-11(16)10-12-6-3-4-8-15(12)13(17)14(2)7-5-9-18-14/h11-12,16H,3-10H2,1-2H3. The number of carbonyl (C=O) groups is 1. The molecule has 0 aliphatic carbocycles. The second-order valence-corrected chi connectivity index (χ2v) is 5.92. The molecule has 0 radical (unpaired) electrons. The number of hydrogen-bond acceptors (Lipinski definition) is 3. The number of amides is 1. The van der Waals surface area contributed by atoms with Gasteiger partial charge >= 0.3 is 0 Å². The molecule has 2 rings (SSSR count). The van der Waals surface area contributed by atoms with Gasteiger partial charge in [-0.3, -0.25) is 4.79 Å². The zero-order valence-electron chi connectivity index (χ0n) is 11.5. The monoisotopic (exact) mass is 255 g/mol. The Balaban J connectivity index is 2.05. The second kappa shape index (κ2) is 5.57. The summed E-state index contributed by atoms with van der Waals surface area (Å²) in [6.45, 7) is 5.22. The van der Waals surface area contributed by atoms with Crippen molar-refractivity contribution in [1.82, 2.24) is 4.90 Å². The molecule has 0 bridgehead atoms. The van der Waals surface area contributed by atoms with Gasteiger partial charge in [0, 0.05) is 19.2 Å². The fourth-order valence-corrected chi connectivity index (χ4v) is 3.16. The molecule has 2 saturated heterocycles. The Kier molecular flexibility index (Phi) is 4.28. The van der Waals surface area contributed by atoms with Crippen LogP contribution in [0.4, 0.5) is 0 Å². The Bertz CT molecular complexity index is 297. The number of rotatable bonds is 3. The normalized spacial score (nSPS) is 34.6. The molecule has 0 aromatic carbocycles. The molecule has 0 aromatic rings. The predicted molar refractivity (Wildman–Crippen MR) is 69.2 cm³/mol. The Hall–Kier alpha value is -0.610. The third kappa shape index (κ3) is 2.86. The van der Waals surface area contributed by atoms with Crippen molar-refractivity contribution < 1.29 is 14.6 Å². The molecule has 0 aromatic heterocycles. The minimum absolute atomic E-state index is 0.130. The van der Waals surface area contributed by atoms with Crippen molar-refractivity contribution in [1.29, 1.82) is 0 Å². The molecule has 1 amide bonds. The maximum atomic E-state index is 12.6. The van der Waals surface area contributed by atoms with Crippen molar-refractivity contribution in [2.24, 2.45) is 0 Å². The minimum atomic E-state index is -0.617. The van der Waals surface area contributed by atoms with Crippen LogP contribution in [0.2, 0.25) is 0 Å². The van der Waals surface area contributed by atoms with E-state index in [2.05, 4.69) is 0 Å². The third-order valence-corrected chi connectivity index (χ3v) is 4.17. The van der Waals surface area contributed by atoms with E-state index in [-0.39, 0.29) is 18.1 Å².